The maximum Gasteiger partial charge on any atom is 0.138 e. The highest BCUT2D eigenvalue weighted by Gasteiger charge is 2.82. The summed E-state index contributed by atoms with van der Waals surface area (Å²) in [6.45, 7) is 15.3. The fourth-order valence-corrected chi connectivity index (χ4v) is 11.9. The number of aliphatic hydroxyl groups is 1. The Balaban J connectivity index is 1.26. The molecule has 5 aliphatic carbocycles. The van der Waals surface area contributed by atoms with Gasteiger partial charge in [0, 0.05) is 11.8 Å². The number of rotatable bonds is 3. The normalized spacial score (nSPS) is 55.8. The van der Waals surface area contributed by atoms with Crippen molar-refractivity contribution < 1.29 is 14.6 Å². The van der Waals surface area contributed by atoms with Crippen LogP contribution < -0.4 is 0 Å². The molecule has 0 aromatic carbocycles. The molecule has 6 aliphatic rings. The molecule has 6 rings (SSSR count). The van der Waals surface area contributed by atoms with Gasteiger partial charge < -0.3 is 9.84 Å². The number of carbonyl (C=O) groups excluding carboxylic acids is 1. The van der Waals surface area contributed by atoms with E-state index in [2.05, 4.69) is 41.5 Å². The van der Waals surface area contributed by atoms with Crippen LogP contribution in [-0.2, 0) is 9.53 Å². The summed E-state index contributed by atoms with van der Waals surface area (Å²) < 4.78 is 6.51. The van der Waals surface area contributed by atoms with Gasteiger partial charge in [-0.3, -0.25) is 4.79 Å². The molecule has 0 radical (unpaired) electrons. The first kappa shape index (κ1) is 24.0. The van der Waals surface area contributed by atoms with Crippen LogP contribution in [-0.4, -0.2) is 29.7 Å². The fraction of sp³-hybridized carbons (Fsp3) is 0.968. The van der Waals surface area contributed by atoms with E-state index in [4.69, 9.17) is 4.74 Å². The first-order chi connectivity index (χ1) is 15.9. The lowest BCUT2D eigenvalue weighted by atomic mass is 9.42. The number of ether oxygens (including phenoxy) is 1. The zero-order valence-electron chi connectivity index (χ0n) is 22.8. The molecule has 1 aliphatic heterocycles. The monoisotopic (exact) mass is 470 g/mol. The molecular weight excluding hydrogens is 420 g/mol. The average molecular weight is 471 g/mol. The highest BCUT2D eigenvalue weighted by molar-refractivity contribution is 5.86. The Kier molecular flexibility index (Phi) is 5.02. The van der Waals surface area contributed by atoms with Gasteiger partial charge in [0.15, 0.2) is 0 Å². The Bertz CT molecular complexity index is 868. The highest BCUT2D eigenvalue weighted by atomic mass is 16.5. The summed E-state index contributed by atoms with van der Waals surface area (Å²) >= 11 is 0. The SMILES string of the molecule is CC(C)[C@]1(CO)CC[C@@H]([C@H]2CC[C@@]3(C)[C@@H]4CC[C@@H]5C(C)(C)C(=O)CC[C@@]56C[C@@]46CC[C@]23C)CO1. The second kappa shape index (κ2) is 7.12. The quantitative estimate of drug-likeness (QED) is 0.493. The number of ketones is 1. The predicted octanol–water partition coefficient (Wildman–Crippen LogP) is 6.81. The Morgan fingerprint density at radius 3 is 2.24 bits per heavy atom. The first-order valence-electron chi connectivity index (χ1n) is 14.7. The molecule has 3 nitrogen and oxygen atoms in total. The van der Waals surface area contributed by atoms with Gasteiger partial charge in [0.25, 0.3) is 0 Å². The molecule has 9 atom stereocenters. The van der Waals surface area contributed by atoms with Crippen molar-refractivity contribution in [3.8, 4) is 0 Å². The largest absolute Gasteiger partial charge is 0.393 e. The first-order valence-corrected chi connectivity index (χ1v) is 14.7. The van der Waals surface area contributed by atoms with Crippen molar-refractivity contribution in [2.45, 2.75) is 118 Å². The third-order valence-corrected chi connectivity index (χ3v) is 14.3. The topological polar surface area (TPSA) is 46.5 Å². The molecule has 0 unspecified atom stereocenters. The molecular formula is C31H50O3. The minimum atomic E-state index is -0.320. The van der Waals surface area contributed by atoms with E-state index >= 15 is 0 Å². The number of hydrogen-bond acceptors (Lipinski definition) is 3. The van der Waals surface area contributed by atoms with Gasteiger partial charge in [-0.2, -0.15) is 0 Å². The van der Waals surface area contributed by atoms with Crippen LogP contribution in [0.2, 0.25) is 0 Å². The molecule has 0 aromatic heterocycles. The van der Waals surface area contributed by atoms with Crippen LogP contribution in [0.15, 0.2) is 0 Å². The van der Waals surface area contributed by atoms with Crippen molar-refractivity contribution in [3.63, 3.8) is 0 Å². The molecule has 5 saturated carbocycles. The molecule has 1 heterocycles. The van der Waals surface area contributed by atoms with Crippen LogP contribution in [0.25, 0.3) is 0 Å². The van der Waals surface area contributed by atoms with E-state index in [9.17, 15) is 9.90 Å². The lowest BCUT2D eigenvalue weighted by molar-refractivity contribution is -0.180. The summed E-state index contributed by atoms with van der Waals surface area (Å²) in [5, 5.41) is 10.1. The maximum absolute atomic E-state index is 12.9. The zero-order chi connectivity index (χ0) is 24.4. The standard InChI is InChI=1S/C31H50O3/c1-20(2)31(19-32)14-9-21(17-34-31)22-10-12-28(6)24-8-7-23-26(3,4)25(33)11-13-29(23)18-30(24,29)16-15-27(22,28)5/h20-24,32H,7-19H2,1-6H3/t21-,22-,23-,24+,27-,28+,29-,30+,31-/m1/s1. The zero-order valence-corrected chi connectivity index (χ0v) is 22.8. The lowest BCUT2D eigenvalue weighted by Gasteiger charge is -2.63. The van der Waals surface area contributed by atoms with Crippen molar-refractivity contribution in [1.82, 2.24) is 0 Å². The molecule has 6 fully saturated rings. The molecule has 1 saturated heterocycles. The van der Waals surface area contributed by atoms with Gasteiger partial charge in [0.05, 0.1) is 18.8 Å². The van der Waals surface area contributed by atoms with Gasteiger partial charge in [-0.05, 0) is 115 Å². The third-order valence-electron chi connectivity index (χ3n) is 14.3. The van der Waals surface area contributed by atoms with E-state index in [1.54, 1.807) is 0 Å². The van der Waals surface area contributed by atoms with E-state index in [1.807, 2.05) is 0 Å². The molecule has 0 aromatic rings. The summed E-state index contributed by atoms with van der Waals surface area (Å²) in [6.07, 6.45) is 13.8. The molecule has 0 bridgehead atoms. The lowest BCUT2D eigenvalue weighted by Crippen LogP contribution is -2.57. The van der Waals surface area contributed by atoms with Crippen molar-refractivity contribution in [2.75, 3.05) is 13.2 Å². The van der Waals surface area contributed by atoms with Crippen molar-refractivity contribution >= 4 is 5.78 Å². The molecule has 192 valence electrons. The van der Waals surface area contributed by atoms with Crippen molar-refractivity contribution in [3.05, 3.63) is 0 Å². The Morgan fingerprint density at radius 2 is 1.59 bits per heavy atom. The Morgan fingerprint density at radius 1 is 0.882 bits per heavy atom. The van der Waals surface area contributed by atoms with Crippen LogP contribution >= 0.6 is 0 Å². The average Bonchev–Trinajstić information content (AvgIpc) is 3.39. The Hall–Kier alpha value is -0.410. The second-order valence-electron chi connectivity index (χ2n) is 15.3. The van der Waals surface area contributed by atoms with Gasteiger partial charge in [0.2, 0.25) is 0 Å². The van der Waals surface area contributed by atoms with E-state index in [1.165, 1.54) is 57.8 Å². The number of Topliss-reactive ketones (excluding diaryl/α,β-unsaturated/α-hetero) is 1. The van der Waals surface area contributed by atoms with Crippen LogP contribution in [0.5, 0.6) is 0 Å². The Labute approximate surface area is 208 Å². The molecule has 1 N–H and O–H groups in total. The second-order valence-corrected chi connectivity index (χ2v) is 15.3. The van der Waals surface area contributed by atoms with Crippen LogP contribution in [0, 0.1) is 56.7 Å². The summed E-state index contributed by atoms with van der Waals surface area (Å²) in [5.74, 6) is 3.78. The maximum atomic E-state index is 12.9. The molecule has 3 heteroatoms. The smallest absolute Gasteiger partial charge is 0.138 e. The van der Waals surface area contributed by atoms with Crippen LogP contribution in [0.3, 0.4) is 0 Å². The summed E-state index contributed by atoms with van der Waals surface area (Å²) in [5.41, 5.74) is 1.41. The summed E-state index contributed by atoms with van der Waals surface area (Å²) in [6, 6.07) is 0. The number of aliphatic hydroxyl groups excluding tert-OH is 1. The van der Waals surface area contributed by atoms with Gasteiger partial charge in [-0.15, -0.1) is 0 Å². The van der Waals surface area contributed by atoms with Crippen molar-refractivity contribution in [1.29, 1.82) is 0 Å². The number of fused-ring (bicyclic) bond motifs is 2. The van der Waals surface area contributed by atoms with Gasteiger partial charge >= 0.3 is 0 Å². The van der Waals surface area contributed by atoms with Gasteiger partial charge in [-0.1, -0.05) is 41.5 Å². The van der Waals surface area contributed by atoms with E-state index in [0.29, 0.717) is 45.2 Å². The minimum Gasteiger partial charge on any atom is -0.393 e. The summed E-state index contributed by atoms with van der Waals surface area (Å²) in [7, 11) is 0. The minimum absolute atomic E-state index is 0.109. The fourth-order valence-electron chi connectivity index (χ4n) is 11.9. The molecule has 34 heavy (non-hydrogen) atoms. The molecule has 2 spiro atoms. The van der Waals surface area contributed by atoms with Gasteiger partial charge in [-0.25, -0.2) is 0 Å². The third kappa shape index (κ3) is 2.60. The number of carbonyl (C=O) groups is 1. The molecule has 0 amide bonds. The van der Waals surface area contributed by atoms with E-state index in [-0.39, 0.29) is 17.6 Å². The van der Waals surface area contributed by atoms with E-state index < -0.39 is 0 Å². The highest BCUT2D eigenvalue weighted by Crippen LogP contribution is 2.88. The van der Waals surface area contributed by atoms with E-state index in [0.717, 1.165) is 31.3 Å². The summed E-state index contributed by atoms with van der Waals surface area (Å²) in [4.78, 5) is 12.9. The van der Waals surface area contributed by atoms with Crippen LogP contribution in [0.4, 0.5) is 0 Å². The number of hydrogen-bond donors (Lipinski definition) is 1. The van der Waals surface area contributed by atoms with Crippen LogP contribution in [0.1, 0.15) is 112 Å². The van der Waals surface area contributed by atoms with Gasteiger partial charge in [0.1, 0.15) is 5.78 Å². The predicted molar refractivity (Wildman–Crippen MR) is 135 cm³/mol. The van der Waals surface area contributed by atoms with Crippen molar-refractivity contribution in [2.24, 2.45) is 56.7 Å².